The second-order valence-corrected chi connectivity index (χ2v) is 9.47. The van der Waals surface area contributed by atoms with Gasteiger partial charge in [0.1, 0.15) is 5.75 Å². The molecular weight excluding hydrogens is 342 g/mol. The maximum absolute atomic E-state index is 5.62. The van der Waals surface area contributed by atoms with Crippen LogP contribution in [0.25, 0.3) is 0 Å². The molecule has 0 N–H and O–H groups in total. The van der Waals surface area contributed by atoms with Crippen LogP contribution in [0.2, 0.25) is 0 Å². The number of nitrogens with zero attached hydrogens (tertiary/aromatic N) is 1. The average Bonchev–Trinajstić information content (AvgIpc) is 2.73. The van der Waals surface area contributed by atoms with Gasteiger partial charge in [0.05, 0.1) is 7.11 Å². The SMILES string of the molecule is COc1ccc2c(c1)C13CCN(CCc4ccccc4)C(C2)C1CCC(C)C3. The third kappa shape index (κ3) is 2.97. The van der Waals surface area contributed by atoms with Gasteiger partial charge in [-0.1, -0.05) is 49.7 Å². The number of rotatable bonds is 4. The van der Waals surface area contributed by atoms with Gasteiger partial charge in [-0.2, -0.15) is 0 Å². The Kier molecular flexibility index (Phi) is 4.71. The first-order valence-electron chi connectivity index (χ1n) is 11.1. The highest BCUT2D eigenvalue weighted by Gasteiger charge is 2.54. The van der Waals surface area contributed by atoms with Crippen molar-refractivity contribution >= 4 is 0 Å². The van der Waals surface area contributed by atoms with Crippen LogP contribution < -0.4 is 4.74 Å². The first-order chi connectivity index (χ1) is 13.7. The molecule has 0 aromatic heterocycles. The van der Waals surface area contributed by atoms with Crippen molar-refractivity contribution in [3.05, 3.63) is 65.2 Å². The predicted molar refractivity (Wildman–Crippen MR) is 115 cm³/mol. The van der Waals surface area contributed by atoms with E-state index in [9.17, 15) is 0 Å². The lowest BCUT2D eigenvalue weighted by Crippen LogP contribution is -2.61. The number of hydrogen-bond acceptors (Lipinski definition) is 2. The monoisotopic (exact) mass is 375 g/mol. The number of benzene rings is 2. The van der Waals surface area contributed by atoms with E-state index in [0.717, 1.165) is 17.6 Å². The quantitative estimate of drug-likeness (QED) is 0.724. The zero-order valence-electron chi connectivity index (χ0n) is 17.4. The van der Waals surface area contributed by atoms with Crippen LogP contribution in [0.5, 0.6) is 5.75 Å². The molecule has 148 valence electrons. The van der Waals surface area contributed by atoms with Crippen molar-refractivity contribution in [2.24, 2.45) is 11.8 Å². The summed E-state index contributed by atoms with van der Waals surface area (Å²) in [5, 5.41) is 0. The Morgan fingerprint density at radius 1 is 1.11 bits per heavy atom. The Morgan fingerprint density at radius 3 is 2.79 bits per heavy atom. The number of hydrogen-bond donors (Lipinski definition) is 0. The molecule has 4 unspecified atom stereocenters. The van der Waals surface area contributed by atoms with Crippen molar-refractivity contribution in [1.29, 1.82) is 0 Å². The van der Waals surface area contributed by atoms with Gasteiger partial charge in [-0.05, 0) is 79.3 Å². The van der Waals surface area contributed by atoms with Gasteiger partial charge >= 0.3 is 0 Å². The molecule has 3 aliphatic rings. The fourth-order valence-electron chi connectivity index (χ4n) is 6.69. The van der Waals surface area contributed by atoms with Gasteiger partial charge in [-0.15, -0.1) is 0 Å². The molecule has 4 atom stereocenters. The number of ether oxygens (including phenoxy) is 1. The normalized spacial score (nSPS) is 31.7. The molecule has 2 aromatic carbocycles. The Morgan fingerprint density at radius 2 is 1.96 bits per heavy atom. The molecule has 1 saturated carbocycles. The number of methoxy groups -OCH3 is 1. The maximum Gasteiger partial charge on any atom is 0.119 e. The van der Waals surface area contributed by atoms with Gasteiger partial charge in [0.15, 0.2) is 0 Å². The lowest BCUT2D eigenvalue weighted by Gasteiger charge is -2.60. The van der Waals surface area contributed by atoms with Crippen LogP contribution in [-0.4, -0.2) is 31.1 Å². The molecule has 2 fully saturated rings. The number of likely N-dealkylation sites (tertiary alicyclic amines) is 1. The Balaban J connectivity index is 1.46. The van der Waals surface area contributed by atoms with Crippen LogP contribution in [0.1, 0.15) is 49.3 Å². The smallest absolute Gasteiger partial charge is 0.119 e. The predicted octanol–water partition coefficient (Wildman–Crippen LogP) is 5.24. The summed E-state index contributed by atoms with van der Waals surface area (Å²) in [4.78, 5) is 2.83. The summed E-state index contributed by atoms with van der Waals surface area (Å²) in [7, 11) is 1.80. The van der Waals surface area contributed by atoms with Crippen LogP contribution in [0.4, 0.5) is 0 Å². The van der Waals surface area contributed by atoms with Crippen molar-refractivity contribution in [3.8, 4) is 5.75 Å². The molecule has 28 heavy (non-hydrogen) atoms. The van der Waals surface area contributed by atoms with E-state index in [-0.39, 0.29) is 0 Å². The first kappa shape index (κ1) is 18.2. The van der Waals surface area contributed by atoms with Crippen molar-refractivity contribution in [2.75, 3.05) is 20.2 Å². The van der Waals surface area contributed by atoms with E-state index in [0.29, 0.717) is 11.5 Å². The Hall–Kier alpha value is -1.80. The van der Waals surface area contributed by atoms with E-state index in [2.05, 4.69) is 60.4 Å². The Bertz CT molecular complexity index is 832. The van der Waals surface area contributed by atoms with Crippen LogP contribution in [-0.2, 0) is 18.3 Å². The third-order valence-corrected chi connectivity index (χ3v) is 7.98. The minimum atomic E-state index is 0.383. The highest BCUT2D eigenvalue weighted by atomic mass is 16.5. The van der Waals surface area contributed by atoms with Crippen LogP contribution >= 0.6 is 0 Å². The van der Waals surface area contributed by atoms with Gasteiger partial charge in [0.25, 0.3) is 0 Å². The van der Waals surface area contributed by atoms with E-state index in [4.69, 9.17) is 4.74 Å². The summed E-state index contributed by atoms with van der Waals surface area (Å²) < 4.78 is 5.62. The fraction of sp³-hybridized carbons (Fsp3) is 0.538. The summed E-state index contributed by atoms with van der Waals surface area (Å²) >= 11 is 0. The molecule has 2 heteroatoms. The van der Waals surface area contributed by atoms with Gasteiger partial charge in [-0.3, -0.25) is 4.90 Å². The first-order valence-corrected chi connectivity index (χ1v) is 11.1. The lowest BCUT2D eigenvalue weighted by molar-refractivity contribution is -0.0229. The van der Waals surface area contributed by atoms with E-state index < -0.39 is 0 Å². The molecular formula is C26H33NO. The number of piperidine rings is 1. The van der Waals surface area contributed by atoms with Crippen molar-refractivity contribution in [2.45, 2.75) is 56.9 Å². The molecule has 2 aliphatic carbocycles. The highest BCUT2D eigenvalue weighted by molar-refractivity contribution is 5.45. The molecule has 2 nitrogen and oxygen atoms in total. The molecule has 2 aromatic rings. The minimum absolute atomic E-state index is 0.383. The summed E-state index contributed by atoms with van der Waals surface area (Å²) in [6.45, 7) is 4.91. The van der Waals surface area contributed by atoms with Gasteiger partial charge in [0.2, 0.25) is 0 Å². The minimum Gasteiger partial charge on any atom is -0.497 e. The van der Waals surface area contributed by atoms with Gasteiger partial charge < -0.3 is 4.74 Å². The highest BCUT2D eigenvalue weighted by Crippen LogP contribution is 2.57. The second-order valence-electron chi connectivity index (χ2n) is 9.47. The average molecular weight is 376 g/mol. The molecule has 1 aliphatic heterocycles. The molecule has 0 radical (unpaired) electrons. The molecule has 1 saturated heterocycles. The van der Waals surface area contributed by atoms with Crippen LogP contribution in [0, 0.1) is 11.8 Å². The summed E-state index contributed by atoms with van der Waals surface area (Å²) in [6.07, 6.45) is 7.85. The van der Waals surface area contributed by atoms with Gasteiger partial charge in [0, 0.05) is 18.0 Å². The van der Waals surface area contributed by atoms with Gasteiger partial charge in [-0.25, -0.2) is 0 Å². The van der Waals surface area contributed by atoms with Crippen molar-refractivity contribution in [1.82, 2.24) is 4.90 Å². The number of fused-ring (bicyclic) bond motifs is 1. The van der Waals surface area contributed by atoms with Crippen molar-refractivity contribution < 1.29 is 4.74 Å². The standard InChI is InChI=1S/C26H33NO/c1-19-8-11-23-25-16-21-9-10-22(28-2)17-24(21)26(23,18-19)13-15-27(25)14-12-20-6-4-3-5-7-20/h3-7,9-10,17,19,23,25H,8,11-16,18H2,1-2H3. The lowest BCUT2D eigenvalue weighted by atomic mass is 9.51. The molecule has 5 rings (SSSR count). The zero-order valence-corrected chi connectivity index (χ0v) is 17.4. The topological polar surface area (TPSA) is 12.5 Å². The molecule has 0 spiro atoms. The molecule has 2 bridgehead atoms. The Labute approximate surface area is 169 Å². The maximum atomic E-state index is 5.62. The van der Waals surface area contributed by atoms with Crippen molar-refractivity contribution in [3.63, 3.8) is 0 Å². The van der Waals surface area contributed by atoms with E-state index in [1.807, 2.05) is 0 Å². The van der Waals surface area contributed by atoms with Crippen LogP contribution in [0.15, 0.2) is 48.5 Å². The molecule has 0 amide bonds. The van der Waals surface area contributed by atoms with E-state index in [1.54, 1.807) is 18.2 Å². The zero-order chi connectivity index (χ0) is 19.1. The largest absolute Gasteiger partial charge is 0.497 e. The van der Waals surface area contributed by atoms with E-state index >= 15 is 0 Å². The summed E-state index contributed by atoms with van der Waals surface area (Å²) in [5.74, 6) is 2.69. The van der Waals surface area contributed by atoms with E-state index in [1.165, 1.54) is 57.2 Å². The van der Waals surface area contributed by atoms with Crippen LogP contribution in [0.3, 0.4) is 0 Å². The molecule has 1 heterocycles. The summed E-state index contributed by atoms with van der Waals surface area (Å²) in [5.41, 5.74) is 5.06. The summed E-state index contributed by atoms with van der Waals surface area (Å²) in [6, 6.07) is 18.6. The second kappa shape index (κ2) is 7.22. The fourth-order valence-corrected chi connectivity index (χ4v) is 6.69. The third-order valence-electron chi connectivity index (χ3n) is 7.98.